The van der Waals surface area contributed by atoms with Crippen LogP contribution in [-0.2, 0) is 5.41 Å². The number of hydrogen-bond donors (Lipinski definition) is 0. The maximum absolute atomic E-state index is 6.47. The molecule has 66 heavy (non-hydrogen) atoms. The van der Waals surface area contributed by atoms with Crippen LogP contribution in [0.15, 0.2) is 223 Å². The molecule has 0 N–H and O–H groups in total. The highest BCUT2D eigenvalue weighted by Gasteiger charge is 2.36. The second-order valence-electron chi connectivity index (χ2n) is 18.5. The number of aromatic nitrogens is 2. The van der Waals surface area contributed by atoms with Crippen molar-refractivity contribution in [3.05, 3.63) is 230 Å². The van der Waals surface area contributed by atoms with Crippen LogP contribution in [0.1, 0.15) is 25.0 Å². The minimum atomic E-state index is -0.126. The molecule has 0 saturated heterocycles. The van der Waals surface area contributed by atoms with Gasteiger partial charge in [-0.05, 0) is 123 Å². The molecule has 3 heteroatoms. The van der Waals surface area contributed by atoms with Crippen LogP contribution in [-0.4, -0.2) is 9.13 Å². The molecule has 14 rings (SSSR count). The molecule has 0 aliphatic heterocycles. The van der Waals surface area contributed by atoms with Gasteiger partial charge in [-0.2, -0.15) is 0 Å². The van der Waals surface area contributed by atoms with E-state index in [4.69, 9.17) is 4.42 Å². The number of fused-ring (bicyclic) bond motifs is 12. The molecular weight excluding hydrogens is 801 g/mol. The van der Waals surface area contributed by atoms with Crippen molar-refractivity contribution in [2.75, 3.05) is 0 Å². The maximum atomic E-state index is 6.47. The Bertz CT molecular complexity index is 4120. The van der Waals surface area contributed by atoms with E-state index in [-0.39, 0.29) is 5.41 Å². The zero-order chi connectivity index (χ0) is 43.7. The largest absolute Gasteiger partial charge is 0.455 e. The molecule has 1 aliphatic rings. The number of para-hydroxylation sites is 3. The van der Waals surface area contributed by atoms with Crippen molar-refractivity contribution < 1.29 is 4.42 Å². The van der Waals surface area contributed by atoms with Gasteiger partial charge in [0.05, 0.1) is 22.1 Å². The smallest absolute Gasteiger partial charge is 0.143 e. The van der Waals surface area contributed by atoms with Crippen molar-refractivity contribution in [1.29, 1.82) is 0 Å². The van der Waals surface area contributed by atoms with E-state index in [1.54, 1.807) is 0 Å². The summed E-state index contributed by atoms with van der Waals surface area (Å²) in [6.45, 7) is 4.74. The van der Waals surface area contributed by atoms with Crippen molar-refractivity contribution in [2.45, 2.75) is 19.3 Å². The van der Waals surface area contributed by atoms with E-state index < -0.39 is 0 Å². The molecule has 310 valence electrons. The van der Waals surface area contributed by atoms with Gasteiger partial charge in [-0.1, -0.05) is 159 Å². The first-order chi connectivity index (χ1) is 32.5. The van der Waals surface area contributed by atoms with Gasteiger partial charge >= 0.3 is 0 Å². The van der Waals surface area contributed by atoms with Gasteiger partial charge in [-0.3, -0.25) is 0 Å². The molecule has 0 bridgehead atoms. The highest BCUT2D eigenvalue weighted by molar-refractivity contribution is 6.14. The zero-order valence-electron chi connectivity index (χ0n) is 36.6. The van der Waals surface area contributed by atoms with Crippen molar-refractivity contribution in [3.8, 4) is 55.9 Å². The number of furan rings is 1. The van der Waals surface area contributed by atoms with Crippen LogP contribution >= 0.6 is 0 Å². The Labute approximate surface area is 382 Å². The summed E-state index contributed by atoms with van der Waals surface area (Å²) in [4.78, 5) is 0. The summed E-state index contributed by atoms with van der Waals surface area (Å²) in [5.41, 5.74) is 21.2. The van der Waals surface area contributed by atoms with Gasteiger partial charge in [0.15, 0.2) is 0 Å². The first-order valence-electron chi connectivity index (χ1n) is 22.9. The van der Waals surface area contributed by atoms with Crippen molar-refractivity contribution >= 4 is 65.6 Å². The van der Waals surface area contributed by atoms with Crippen LogP contribution in [0.5, 0.6) is 0 Å². The van der Waals surface area contributed by atoms with Crippen molar-refractivity contribution in [3.63, 3.8) is 0 Å². The van der Waals surface area contributed by atoms with Crippen molar-refractivity contribution in [1.82, 2.24) is 9.13 Å². The van der Waals surface area contributed by atoms with Gasteiger partial charge in [-0.25, -0.2) is 0 Å². The Morgan fingerprint density at radius 2 is 0.894 bits per heavy atom. The van der Waals surface area contributed by atoms with Crippen LogP contribution in [0.2, 0.25) is 0 Å². The van der Waals surface area contributed by atoms with Crippen LogP contribution in [0.25, 0.3) is 121 Å². The third-order valence-corrected chi connectivity index (χ3v) is 14.5. The lowest BCUT2D eigenvalue weighted by atomic mass is 9.82. The normalized spacial score (nSPS) is 13.1. The standard InChI is InChI=1S/C63H42N2O/c1-63(2)55-23-9-6-18-47(55)51-37-54-53-36-43(42-28-32-58-52(35-42)48-19-7-10-24-57(48)65(58)45-17-12-16-41(34-45)39-14-4-3-5-15-39)29-33-59(53)64(60(54)38-56(51)63)44-30-26-40(27-31-44)46-21-13-22-50-49-20-8-11-25-61(49)66-62(46)50/h3-38H,1-2H3. The summed E-state index contributed by atoms with van der Waals surface area (Å²) in [6, 6.07) is 80.2. The molecule has 0 amide bonds. The van der Waals surface area contributed by atoms with Crippen LogP contribution in [0.4, 0.5) is 0 Å². The minimum Gasteiger partial charge on any atom is -0.455 e. The molecule has 0 atom stereocenters. The van der Waals surface area contributed by atoms with Gasteiger partial charge in [0.1, 0.15) is 11.2 Å². The Hall–Kier alpha value is -8.40. The van der Waals surface area contributed by atoms with Gasteiger partial charge in [0, 0.05) is 54.7 Å². The molecule has 3 heterocycles. The third kappa shape index (κ3) is 5.31. The number of rotatable bonds is 5. The Kier molecular flexibility index (Phi) is 7.74. The Morgan fingerprint density at radius 1 is 0.318 bits per heavy atom. The van der Waals surface area contributed by atoms with E-state index in [9.17, 15) is 0 Å². The first kappa shape index (κ1) is 37.0. The lowest BCUT2D eigenvalue weighted by Crippen LogP contribution is -2.14. The fourth-order valence-corrected chi connectivity index (χ4v) is 11.3. The van der Waals surface area contributed by atoms with E-state index in [2.05, 4.69) is 235 Å². The molecule has 3 nitrogen and oxygen atoms in total. The first-order valence-corrected chi connectivity index (χ1v) is 22.9. The predicted molar refractivity (Wildman–Crippen MR) is 276 cm³/mol. The average Bonchev–Trinajstić information content (AvgIpc) is 4.08. The number of nitrogens with zero attached hydrogens (tertiary/aromatic N) is 2. The zero-order valence-corrected chi connectivity index (χ0v) is 36.6. The lowest BCUT2D eigenvalue weighted by Gasteiger charge is -2.21. The highest BCUT2D eigenvalue weighted by Crippen LogP contribution is 2.51. The van der Waals surface area contributed by atoms with Crippen molar-refractivity contribution in [2.24, 2.45) is 0 Å². The fraction of sp³-hybridized carbons (Fsp3) is 0.0476. The number of hydrogen-bond acceptors (Lipinski definition) is 1. The Morgan fingerprint density at radius 3 is 1.71 bits per heavy atom. The van der Waals surface area contributed by atoms with Gasteiger partial charge in [0.2, 0.25) is 0 Å². The molecule has 0 unspecified atom stereocenters. The Balaban J connectivity index is 0.941. The summed E-state index contributed by atoms with van der Waals surface area (Å²) in [7, 11) is 0. The molecule has 0 spiro atoms. The third-order valence-electron chi connectivity index (χ3n) is 14.5. The SMILES string of the molecule is CC1(C)c2ccccc2-c2cc3c4cc(-c5ccc6c(c5)c5ccccc5n6-c5cccc(-c6ccccc6)c5)ccc4n(-c4ccc(-c5cccc6c5oc5ccccc56)cc4)c3cc21. The molecule has 1 aliphatic carbocycles. The van der Waals surface area contributed by atoms with Crippen LogP contribution in [0, 0.1) is 0 Å². The highest BCUT2D eigenvalue weighted by atomic mass is 16.3. The van der Waals surface area contributed by atoms with E-state index in [0.717, 1.165) is 44.4 Å². The molecule has 0 saturated carbocycles. The minimum absolute atomic E-state index is 0.126. The molecule has 0 fully saturated rings. The fourth-order valence-electron chi connectivity index (χ4n) is 11.3. The monoisotopic (exact) mass is 842 g/mol. The van der Waals surface area contributed by atoms with Crippen LogP contribution < -0.4 is 0 Å². The number of benzene rings is 10. The van der Waals surface area contributed by atoms with E-state index in [0.29, 0.717) is 0 Å². The van der Waals surface area contributed by atoms with Gasteiger partial charge in [-0.15, -0.1) is 0 Å². The van der Waals surface area contributed by atoms with Crippen LogP contribution in [0.3, 0.4) is 0 Å². The lowest BCUT2D eigenvalue weighted by molar-refractivity contribution is 0.661. The molecule has 13 aromatic rings. The molecule has 10 aromatic carbocycles. The van der Waals surface area contributed by atoms with Gasteiger partial charge in [0.25, 0.3) is 0 Å². The predicted octanol–water partition coefficient (Wildman–Crippen LogP) is 17.1. The van der Waals surface area contributed by atoms with E-state index >= 15 is 0 Å². The quantitative estimate of drug-likeness (QED) is 0.169. The van der Waals surface area contributed by atoms with Gasteiger partial charge < -0.3 is 13.6 Å². The van der Waals surface area contributed by atoms with E-state index in [1.165, 1.54) is 88.1 Å². The second-order valence-corrected chi connectivity index (χ2v) is 18.5. The molecule has 3 aromatic heterocycles. The van der Waals surface area contributed by atoms with E-state index in [1.807, 2.05) is 6.07 Å². The molecule has 0 radical (unpaired) electrons. The summed E-state index contributed by atoms with van der Waals surface area (Å²) < 4.78 is 11.4. The summed E-state index contributed by atoms with van der Waals surface area (Å²) in [6.07, 6.45) is 0. The maximum Gasteiger partial charge on any atom is 0.143 e. The topological polar surface area (TPSA) is 23.0 Å². The summed E-state index contributed by atoms with van der Waals surface area (Å²) in [5.74, 6) is 0. The molecular formula is C63H42N2O. The summed E-state index contributed by atoms with van der Waals surface area (Å²) in [5, 5.41) is 7.26. The second kappa shape index (κ2) is 13.8. The summed E-state index contributed by atoms with van der Waals surface area (Å²) >= 11 is 0. The average molecular weight is 843 g/mol.